The minimum Gasteiger partial charge on any atom is -0.465 e. The average molecular weight is 574 g/mol. The molecule has 0 saturated carbocycles. The Morgan fingerprint density at radius 2 is 1.44 bits per heavy atom. The Kier molecular flexibility index (Phi) is 8.85. The summed E-state index contributed by atoms with van der Waals surface area (Å²) in [7, 11) is 1.38. The van der Waals surface area contributed by atoms with Gasteiger partial charge in [0, 0.05) is 56.4 Å². The number of hydrogen-bond donors (Lipinski definition) is 0. The molecule has 0 spiro atoms. The highest BCUT2D eigenvalue weighted by Crippen LogP contribution is 2.30. The van der Waals surface area contributed by atoms with Gasteiger partial charge in [-0.05, 0) is 65.9 Å². The summed E-state index contributed by atoms with van der Waals surface area (Å²) in [6.45, 7) is 6.19. The fraction of sp³-hybridized carbons (Fsp3) is 0.297. The van der Waals surface area contributed by atoms with Gasteiger partial charge in [0.25, 0.3) is 5.91 Å². The predicted octanol–water partition coefficient (Wildman–Crippen LogP) is 6.02. The summed E-state index contributed by atoms with van der Waals surface area (Å²) in [6.07, 6.45) is 1.93. The molecule has 1 amide bonds. The van der Waals surface area contributed by atoms with E-state index in [-0.39, 0.29) is 11.9 Å². The van der Waals surface area contributed by atoms with E-state index < -0.39 is 0 Å². The number of esters is 1. The van der Waals surface area contributed by atoms with Crippen molar-refractivity contribution >= 4 is 17.6 Å². The molecule has 0 aliphatic carbocycles. The Hall–Kier alpha value is -4.42. The van der Waals surface area contributed by atoms with E-state index >= 15 is 0 Å². The normalized spacial score (nSPS) is 15.4. The lowest BCUT2D eigenvalue weighted by Gasteiger charge is -2.37. The number of carbonyl (C=O) groups excluding carboxylic acids is 2. The van der Waals surface area contributed by atoms with Crippen LogP contribution in [0.15, 0.2) is 103 Å². The lowest BCUT2D eigenvalue weighted by Crippen LogP contribution is -2.47. The molecule has 0 atom stereocenters. The van der Waals surface area contributed by atoms with Crippen molar-refractivity contribution < 1.29 is 14.3 Å². The van der Waals surface area contributed by atoms with Crippen LogP contribution in [0.1, 0.15) is 55.3 Å². The number of methoxy groups -OCH3 is 1. The summed E-state index contributed by atoms with van der Waals surface area (Å²) < 4.78 is 4.79. The molecule has 0 radical (unpaired) electrons. The van der Waals surface area contributed by atoms with E-state index in [1.165, 1.54) is 18.2 Å². The van der Waals surface area contributed by atoms with Gasteiger partial charge in [0.2, 0.25) is 0 Å². The van der Waals surface area contributed by atoms with Crippen LogP contribution in [0.25, 0.3) is 0 Å². The SMILES string of the molecule is COC(=O)c1ccc(CN2CCc3ccc(N4CCN(CCC(c5ccccc5)c5ccccc5)CC4)cc3C2=O)cc1. The van der Waals surface area contributed by atoms with Crippen molar-refractivity contribution in [1.82, 2.24) is 9.80 Å². The molecule has 2 heterocycles. The Morgan fingerprint density at radius 3 is 2.07 bits per heavy atom. The summed E-state index contributed by atoms with van der Waals surface area (Å²) in [4.78, 5) is 32.2. The van der Waals surface area contributed by atoms with Crippen molar-refractivity contribution in [1.29, 1.82) is 0 Å². The lowest BCUT2D eigenvalue weighted by molar-refractivity contribution is 0.0600. The molecule has 0 N–H and O–H groups in total. The number of rotatable bonds is 9. The Morgan fingerprint density at radius 1 is 0.791 bits per heavy atom. The fourth-order valence-electron chi connectivity index (χ4n) is 6.38. The molecule has 43 heavy (non-hydrogen) atoms. The second kappa shape index (κ2) is 13.3. The number of benzene rings is 4. The van der Waals surface area contributed by atoms with Gasteiger partial charge in [0.1, 0.15) is 0 Å². The van der Waals surface area contributed by atoms with Crippen LogP contribution < -0.4 is 4.90 Å². The van der Waals surface area contributed by atoms with Crippen LogP contribution in [0.5, 0.6) is 0 Å². The van der Waals surface area contributed by atoms with Gasteiger partial charge < -0.3 is 14.5 Å². The summed E-state index contributed by atoms with van der Waals surface area (Å²) in [5, 5.41) is 0. The van der Waals surface area contributed by atoms with Crippen molar-refractivity contribution in [3.05, 3.63) is 137 Å². The van der Waals surface area contributed by atoms with Gasteiger partial charge >= 0.3 is 5.97 Å². The number of ether oxygens (including phenoxy) is 1. The zero-order valence-corrected chi connectivity index (χ0v) is 24.8. The van der Waals surface area contributed by atoms with E-state index in [4.69, 9.17) is 4.74 Å². The number of hydrogen-bond acceptors (Lipinski definition) is 5. The topological polar surface area (TPSA) is 53.1 Å². The largest absolute Gasteiger partial charge is 0.465 e. The minimum atomic E-state index is -0.355. The number of anilines is 1. The molecule has 4 aromatic rings. The van der Waals surface area contributed by atoms with Gasteiger partial charge in [-0.3, -0.25) is 9.69 Å². The molecule has 2 aliphatic heterocycles. The Bertz CT molecular complexity index is 1490. The molecule has 0 unspecified atom stereocenters. The first-order chi connectivity index (χ1) is 21.1. The van der Waals surface area contributed by atoms with Crippen molar-refractivity contribution in [2.24, 2.45) is 0 Å². The Labute approximate surface area is 254 Å². The van der Waals surface area contributed by atoms with Crippen molar-refractivity contribution in [2.45, 2.75) is 25.3 Å². The van der Waals surface area contributed by atoms with Crippen LogP contribution in [0.2, 0.25) is 0 Å². The van der Waals surface area contributed by atoms with Crippen molar-refractivity contribution in [2.75, 3.05) is 51.3 Å². The van der Waals surface area contributed by atoms with E-state index in [1.807, 2.05) is 17.0 Å². The number of piperazine rings is 1. The molecule has 2 aliphatic rings. The maximum atomic E-state index is 13.5. The fourth-order valence-corrected chi connectivity index (χ4v) is 6.38. The van der Waals surface area contributed by atoms with Crippen molar-refractivity contribution in [3.63, 3.8) is 0 Å². The minimum absolute atomic E-state index is 0.0756. The summed E-state index contributed by atoms with van der Waals surface area (Å²) in [6, 6.07) is 35.4. The number of amides is 1. The van der Waals surface area contributed by atoms with Crippen LogP contribution in [0.3, 0.4) is 0 Å². The maximum Gasteiger partial charge on any atom is 0.337 e. The van der Waals surface area contributed by atoms with Gasteiger partial charge in [-0.15, -0.1) is 0 Å². The second-order valence-corrected chi connectivity index (χ2v) is 11.5. The molecule has 1 saturated heterocycles. The van der Waals surface area contributed by atoms with E-state index in [2.05, 4.69) is 88.7 Å². The van der Waals surface area contributed by atoms with Gasteiger partial charge in [0.05, 0.1) is 12.7 Å². The van der Waals surface area contributed by atoms with Gasteiger partial charge in [-0.1, -0.05) is 78.9 Å². The molecule has 1 fully saturated rings. The maximum absolute atomic E-state index is 13.5. The second-order valence-electron chi connectivity index (χ2n) is 11.5. The summed E-state index contributed by atoms with van der Waals surface area (Å²) in [5.74, 6) is 0.110. The highest BCUT2D eigenvalue weighted by Gasteiger charge is 2.27. The third-order valence-corrected chi connectivity index (χ3v) is 8.89. The zero-order valence-electron chi connectivity index (χ0n) is 24.8. The highest BCUT2D eigenvalue weighted by molar-refractivity contribution is 5.97. The molecule has 4 aromatic carbocycles. The van der Waals surface area contributed by atoms with Crippen LogP contribution in [-0.2, 0) is 17.7 Å². The summed E-state index contributed by atoms with van der Waals surface area (Å²) in [5.41, 5.74) is 7.32. The van der Waals surface area contributed by atoms with E-state index in [9.17, 15) is 9.59 Å². The van der Waals surface area contributed by atoms with Crippen molar-refractivity contribution in [3.8, 4) is 0 Å². The summed E-state index contributed by atoms with van der Waals surface area (Å²) >= 11 is 0. The molecule has 6 nitrogen and oxygen atoms in total. The standard InChI is InChI=1S/C37H39N3O3/c1-43-37(42)32-14-12-28(13-15-32)27-40-21-18-31-16-17-33(26-35(31)36(40)41)39-24-22-38(23-25-39)20-19-34(29-8-4-2-5-9-29)30-10-6-3-7-11-30/h2-17,26,34H,18-25,27H2,1H3. The van der Waals surface area contributed by atoms with E-state index in [1.54, 1.807) is 12.1 Å². The highest BCUT2D eigenvalue weighted by atomic mass is 16.5. The van der Waals surface area contributed by atoms with Crippen LogP contribution >= 0.6 is 0 Å². The first-order valence-electron chi connectivity index (χ1n) is 15.3. The quantitative estimate of drug-likeness (QED) is 0.230. The first kappa shape index (κ1) is 28.7. The van der Waals surface area contributed by atoms with E-state index in [0.29, 0.717) is 24.6 Å². The molecule has 0 bridgehead atoms. The molecular weight excluding hydrogens is 534 g/mol. The number of fused-ring (bicyclic) bond motifs is 1. The smallest absolute Gasteiger partial charge is 0.337 e. The van der Waals surface area contributed by atoms with Crippen LogP contribution in [0, 0.1) is 0 Å². The first-order valence-corrected chi connectivity index (χ1v) is 15.3. The molecule has 220 valence electrons. The molecule has 0 aromatic heterocycles. The van der Waals surface area contributed by atoms with Crippen LogP contribution in [0.4, 0.5) is 5.69 Å². The zero-order chi connectivity index (χ0) is 29.6. The lowest BCUT2D eigenvalue weighted by atomic mass is 9.88. The van der Waals surface area contributed by atoms with Gasteiger partial charge in [-0.2, -0.15) is 0 Å². The number of carbonyl (C=O) groups is 2. The predicted molar refractivity (Wildman–Crippen MR) is 171 cm³/mol. The van der Waals surface area contributed by atoms with E-state index in [0.717, 1.165) is 67.9 Å². The van der Waals surface area contributed by atoms with Gasteiger partial charge in [0.15, 0.2) is 0 Å². The molecule has 6 rings (SSSR count). The monoisotopic (exact) mass is 573 g/mol. The average Bonchev–Trinajstić information content (AvgIpc) is 3.07. The molecular formula is C37H39N3O3. The number of nitrogens with zero attached hydrogens (tertiary/aromatic N) is 3. The Balaban J connectivity index is 1.06. The third-order valence-electron chi connectivity index (χ3n) is 8.89. The molecule has 6 heteroatoms. The van der Waals surface area contributed by atoms with Gasteiger partial charge in [-0.25, -0.2) is 4.79 Å². The van der Waals surface area contributed by atoms with Crippen LogP contribution in [-0.4, -0.2) is 68.1 Å². The third kappa shape index (κ3) is 6.65.